The van der Waals surface area contributed by atoms with Crippen LogP contribution in [-0.4, -0.2) is 0 Å². The molecule has 2 heterocycles. The zero-order valence-electron chi connectivity index (χ0n) is 9.50. The summed E-state index contributed by atoms with van der Waals surface area (Å²) in [6.07, 6.45) is 0. The summed E-state index contributed by atoms with van der Waals surface area (Å²) >= 11 is 5.19. The van der Waals surface area contributed by atoms with Gasteiger partial charge in [-0.1, -0.05) is 0 Å². The molecule has 0 fully saturated rings. The lowest BCUT2D eigenvalue weighted by Gasteiger charge is -2.11. The molecule has 86 valence electrons. The molecule has 0 bridgehead atoms. The summed E-state index contributed by atoms with van der Waals surface area (Å²) in [5.41, 5.74) is 8.57. The Bertz CT molecular complexity index is 515. The van der Waals surface area contributed by atoms with Crippen LogP contribution in [0.5, 0.6) is 0 Å². The number of furan rings is 1. The zero-order chi connectivity index (χ0) is 11.9. The smallest absolute Gasteiger partial charge is 0.106 e. The van der Waals surface area contributed by atoms with Gasteiger partial charge in [0, 0.05) is 14.9 Å². The summed E-state index contributed by atoms with van der Waals surface area (Å²) in [5.74, 6) is 1.87. The third kappa shape index (κ3) is 1.85. The quantitative estimate of drug-likeness (QED) is 0.907. The predicted octanol–water partition coefficient (Wildman–Crippen LogP) is 4.08. The highest BCUT2D eigenvalue weighted by Crippen LogP contribution is 2.35. The molecule has 0 spiro atoms. The molecule has 0 aromatic carbocycles. The van der Waals surface area contributed by atoms with Crippen LogP contribution >= 0.6 is 27.3 Å². The SMILES string of the molecule is Cc1oc(C)c(C(N)c2sccc2Br)c1C. The Morgan fingerprint density at radius 3 is 2.44 bits per heavy atom. The average molecular weight is 300 g/mol. The zero-order valence-corrected chi connectivity index (χ0v) is 11.9. The van der Waals surface area contributed by atoms with E-state index in [9.17, 15) is 0 Å². The van der Waals surface area contributed by atoms with Gasteiger partial charge < -0.3 is 10.2 Å². The summed E-state index contributed by atoms with van der Waals surface area (Å²) in [5, 5.41) is 2.04. The fraction of sp³-hybridized carbons (Fsp3) is 0.333. The molecule has 2 aromatic heterocycles. The Morgan fingerprint density at radius 1 is 1.31 bits per heavy atom. The molecule has 0 aliphatic heterocycles. The fourth-order valence-corrected chi connectivity index (χ4v) is 3.56. The van der Waals surface area contributed by atoms with E-state index in [1.807, 2.05) is 25.3 Å². The second-order valence-corrected chi connectivity index (χ2v) is 5.67. The minimum absolute atomic E-state index is 0.105. The number of hydrogen-bond acceptors (Lipinski definition) is 3. The second-order valence-electron chi connectivity index (χ2n) is 3.86. The van der Waals surface area contributed by atoms with Crippen molar-refractivity contribution in [1.29, 1.82) is 0 Å². The standard InChI is InChI=1S/C12H14BrNOS/c1-6-7(2)15-8(3)10(6)11(14)12-9(13)4-5-16-12/h4-5,11H,14H2,1-3H3. The normalized spacial score (nSPS) is 13.1. The molecule has 1 atom stereocenters. The van der Waals surface area contributed by atoms with Crippen LogP contribution in [0, 0.1) is 20.8 Å². The summed E-state index contributed by atoms with van der Waals surface area (Å²) in [6.45, 7) is 6.00. The van der Waals surface area contributed by atoms with Crippen LogP contribution in [0.2, 0.25) is 0 Å². The first kappa shape index (κ1) is 11.9. The molecule has 2 aromatic rings. The van der Waals surface area contributed by atoms with Crippen LogP contribution < -0.4 is 5.73 Å². The second kappa shape index (κ2) is 4.35. The topological polar surface area (TPSA) is 39.2 Å². The first-order valence-corrected chi connectivity index (χ1v) is 6.74. The van der Waals surface area contributed by atoms with Crippen molar-refractivity contribution < 1.29 is 4.42 Å². The molecular weight excluding hydrogens is 286 g/mol. The molecular formula is C12H14BrNOS. The van der Waals surface area contributed by atoms with Crippen LogP contribution in [0.4, 0.5) is 0 Å². The third-order valence-corrected chi connectivity index (χ3v) is 4.81. The van der Waals surface area contributed by atoms with Crippen LogP contribution in [0.3, 0.4) is 0 Å². The largest absolute Gasteiger partial charge is 0.466 e. The highest BCUT2D eigenvalue weighted by atomic mass is 79.9. The van der Waals surface area contributed by atoms with Gasteiger partial charge in [0.2, 0.25) is 0 Å². The highest BCUT2D eigenvalue weighted by Gasteiger charge is 2.21. The lowest BCUT2D eigenvalue weighted by atomic mass is 10.0. The molecule has 0 saturated carbocycles. The molecule has 0 saturated heterocycles. The van der Waals surface area contributed by atoms with E-state index in [1.165, 1.54) is 0 Å². The van der Waals surface area contributed by atoms with E-state index in [2.05, 4.69) is 22.9 Å². The minimum atomic E-state index is -0.105. The van der Waals surface area contributed by atoms with Crippen molar-refractivity contribution in [2.24, 2.45) is 5.73 Å². The number of nitrogens with two attached hydrogens (primary N) is 1. The van der Waals surface area contributed by atoms with E-state index in [4.69, 9.17) is 10.2 Å². The van der Waals surface area contributed by atoms with E-state index in [0.29, 0.717) is 0 Å². The van der Waals surface area contributed by atoms with Crippen molar-refractivity contribution in [3.05, 3.63) is 43.4 Å². The fourth-order valence-electron chi connectivity index (χ4n) is 1.93. The Hall–Kier alpha value is -0.580. The molecule has 1 unspecified atom stereocenters. The van der Waals surface area contributed by atoms with Gasteiger partial charge >= 0.3 is 0 Å². The maximum atomic E-state index is 6.30. The Balaban J connectivity index is 2.49. The van der Waals surface area contributed by atoms with Gasteiger partial charge in [-0.2, -0.15) is 0 Å². The van der Waals surface area contributed by atoms with E-state index in [0.717, 1.165) is 32.0 Å². The van der Waals surface area contributed by atoms with E-state index >= 15 is 0 Å². The molecule has 2 nitrogen and oxygen atoms in total. The summed E-state index contributed by atoms with van der Waals surface area (Å²) in [7, 11) is 0. The van der Waals surface area contributed by atoms with Gasteiger partial charge in [0.15, 0.2) is 0 Å². The van der Waals surface area contributed by atoms with Gasteiger partial charge in [-0.25, -0.2) is 0 Å². The summed E-state index contributed by atoms with van der Waals surface area (Å²) < 4.78 is 6.69. The van der Waals surface area contributed by atoms with Crippen molar-refractivity contribution in [2.75, 3.05) is 0 Å². The molecule has 0 amide bonds. The Morgan fingerprint density at radius 2 is 2.00 bits per heavy atom. The van der Waals surface area contributed by atoms with E-state index in [1.54, 1.807) is 11.3 Å². The Kier molecular flexibility index (Phi) is 3.24. The molecule has 16 heavy (non-hydrogen) atoms. The number of aryl methyl sites for hydroxylation is 2. The van der Waals surface area contributed by atoms with Crippen LogP contribution in [0.15, 0.2) is 20.3 Å². The van der Waals surface area contributed by atoms with Crippen LogP contribution in [0.25, 0.3) is 0 Å². The van der Waals surface area contributed by atoms with E-state index < -0.39 is 0 Å². The van der Waals surface area contributed by atoms with Crippen LogP contribution in [0.1, 0.15) is 33.6 Å². The first-order chi connectivity index (χ1) is 7.52. The minimum Gasteiger partial charge on any atom is -0.466 e. The monoisotopic (exact) mass is 299 g/mol. The summed E-state index contributed by atoms with van der Waals surface area (Å²) in [6, 6.07) is 1.92. The molecule has 0 radical (unpaired) electrons. The van der Waals surface area contributed by atoms with Gasteiger partial charge in [0.25, 0.3) is 0 Å². The summed E-state index contributed by atoms with van der Waals surface area (Å²) in [4.78, 5) is 1.15. The maximum absolute atomic E-state index is 6.30. The van der Waals surface area contributed by atoms with Crippen molar-refractivity contribution in [2.45, 2.75) is 26.8 Å². The maximum Gasteiger partial charge on any atom is 0.106 e. The van der Waals surface area contributed by atoms with Gasteiger partial charge in [-0.3, -0.25) is 0 Å². The molecule has 0 aliphatic rings. The van der Waals surface area contributed by atoms with E-state index in [-0.39, 0.29) is 6.04 Å². The van der Waals surface area contributed by atoms with Crippen molar-refractivity contribution in [1.82, 2.24) is 0 Å². The van der Waals surface area contributed by atoms with Crippen molar-refractivity contribution in [3.63, 3.8) is 0 Å². The van der Waals surface area contributed by atoms with Gasteiger partial charge in [0.1, 0.15) is 11.5 Å². The number of thiophene rings is 1. The van der Waals surface area contributed by atoms with Crippen molar-refractivity contribution >= 4 is 27.3 Å². The highest BCUT2D eigenvalue weighted by molar-refractivity contribution is 9.10. The average Bonchev–Trinajstić information content (AvgIpc) is 2.73. The third-order valence-electron chi connectivity index (χ3n) is 2.86. The Labute approximate surface area is 108 Å². The number of halogens is 1. The van der Waals surface area contributed by atoms with Crippen LogP contribution in [-0.2, 0) is 0 Å². The molecule has 4 heteroatoms. The lowest BCUT2D eigenvalue weighted by molar-refractivity contribution is 0.498. The van der Waals surface area contributed by atoms with Gasteiger partial charge in [0.05, 0.1) is 6.04 Å². The van der Waals surface area contributed by atoms with Crippen molar-refractivity contribution in [3.8, 4) is 0 Å². The number of hydrogen-bond donors (Lipinski definition) is 1. The van der Waals surface area contributed by atoms with Gasteiger partial charge in [-0.05, 0) is 53.7 Å². The predicted molar refractivity (Wildman–Crippen MR) is 71.0 cm³/mol. The molecule has 0 aliphatic carbocycles. The van der Waals surface area contributed by atoms with Gasteiger partial charge in [-0.15, -0.1) is 11.3 Å². The lowest BCUT2D eigenvalue weighted by Crippen LogP contribution is -2.12. The molecule has 2 N–H and O–H groups in total. The number of rotatable bonds is 2. The first-order valence-electron chi connectivity index (χ1n) is 5.07. The molecule has 2 rings (SSSR count).